The summed E-state index contributed by atoms with van der Waals surface area (Å²) in [5.41, 5.74) is 7.25. The lowest BCUT2D eigenvalue weighted by molar-refractivity contribution is 0.0927. The monoisotopic (exact) mass is 301 g/mol. The number of aromatic nitrogens is 2. The zero-order valence-electron chi connectivity index (χ0n) is 7.49. The van der Waals surface area contributed by atoms with E-state index in [0.29, 0.717) is 5.69 Å². The minimum Gasteiger partial charge on any atom is -0.398 e. The summed E-state index contributed by atoms with van der Waals surface area (Å²) in [6.07, 6.45) is 1.66. The van der Waals surface area contributed by atoms with Crippen LogP contribution in [-0.2, 0) is 0 Å². The fraction of sp³-hybridized carbons (Fsp3) is 0.111. The molecule has 1 heterocycles. The Bertz CT molecular complexity index is 518. The van der Waals surface area contributed by atoms with Crippen molar-refractivity contribution in [1.29, 1.82) is 0 Å². The largest absolute Gasteiger partial charge is 0.398 e. The SMILES string of the molecule is CC(=O)n1ncc2c(I)c(N)ccc21. The van der Waals surface area contributed by atoms with Gasteiger partial charge in [0.15, 0.2) is 0 Å². The van der Waals surface area contributed by atoms with E-state index in [1.54, 1.807) is 18.3 Å². The van der Waals surface area contributed by atoms with Crippen LogP contribution in [0.3, 0.4) is 0 Å². The Morgan fingerprint density at radius 3 is 2.93 bits per heavy atom. The number of nitrogens with two attached hydrogens (primary N) is 1. The molecular formula is C9H8IN3O. The molecular weight excluding hydrogens is 293 g/mol. The Hall–Kier alpha value is -1.11. The summed E-state index contributed by atoms with van der Waals surface area (Å²) in [5.74, 6) is -0.0967. The zero-order chi connectivity index (χ0) is 10.3. The Labute approximate surface area is 94.2 Å². The predicted molar refractivity (Wildman–Crippen MR) is 63.2 cm³/mol. The number of hydrogen-bond acceptors (Lipinski definition) is 3. The number of halogens is 1. The van der Waals surface area contributed by atoms with Crippen molar-refractivity contribution in [2.24, 2.45) is 0 Å². The van der Waals surface area contributed by atoms with Crippen molar-refractivity contribution in [3.8, 4) is 0 Å². The molecule has 2 aromatic rings. The molecule has 4 nitrogen and oxygen atoms in total. The van der Waals surface area contributed by atoms with Gasteiger partial charge in [0.05, 0.1) is 11.7 Å². The first kappa shape index (κ1) is 9.45. The number of carbonyl (C=O) groups excluding carboxylic acids is 1. The molecule has 0 saturated carbocycles. The molecule has 72 valence electrons. The van der Waals surface area contributed by atoms with Crippen molar-refractivity contribution < 1.29 is 4.79 Å². The Balaban J connectivity index is 2.83. The van der Waals surface area contributed by atoms with Crippen molar-refractivity contribution in [3.05, 3.63) is 21.9 Å². The van der Waals surface area contributed by atoms with Crippen LogP contribution in [-0.4, -0.2) is 15.7 Å². The Morgan fingerprint density at radius 2 is 2.29 bits per heavy atom. The van der Waals surface area contributed by atoms with Gasteiger partial charge in [-0.25, -0.2) is 4.68 Å². The van der Waals surface area contributed by atoms with Crippen LogP contribution in [0.2, 0.25) is 0 Å². The van der Waals surface area contributed by atoms with E-state index < -0.39 is 0 Å². The van der Waals surface area contributed by atoms with E-state index in [0.717, 1.165) is 14.5 Å². The number of fused-ring (bicyclic) bond motifs is 1. The van der Waals surface area contributed by atoms with Gasteiger partial charge in [-0.1, -0.05) is 0 Å². The molecule has 1 aromatic carbocycles. The Morgan fingerprint density at radius 1 is 1.57 bits per heavy atom. The van der Waals surface area contributed by atoms with Gasteiger partial charge in [-0.15, -0.1) is 0 Å². The van der Waals surface area contributed by atoms with Gasteiger partial charge in [0.1, 0.15) is 0 Å². The van der Waals surface area contributed by atoms with Gasteiger partial charge in [-0.05, 0) is 34.7 Å². The van der Waals surface area contributed by atoms with Crippen molar-refractivity contribution in [3.63, 3.8) is 0 Å². The van der Waals surface area contributed by atoms with Crippen molar-refractivity contribution in [2.45, 2.75) is 6.92 Å². The molecule has 0 bridgehead atoms. The van der Waals surface area contributed by atoms with E-state index in [2.05, 4.69) is 27.7 Å². The molecule has 0 radical (unpaired) electrons. The van der Waals surface area contributed by atoms with Crippen LogP contribution in [0.25, 0.3) is 10.9 Å². The summed E-state index contributed by atoms with van der Waals surface area (Å²) in [6, 6.07) is 3.59. The second kappa shape index (κ2) is 3.23. The maximum absolute atomic E-state index is 11.2. The van der Waals surface area contributed by atoms with Crippen molar-refractivity contribution in [2.75, 3.05) is 5.73 Å². The van der Waals surface area contributed by atoms with Crippen molar-refractivity contribution in [1.82, 2.24) is 9.78 Å². The van der Waals surface area contributed by atoms with Gasteiger partial charge in [0.25, 0.3) is 0 Å². The van der Waals surface area contributed by atoms with E-state index in [1.807, 2.05) is 0 Å². The van der Waals surface area contributed by atoms with E-state index >= 15 is 0 Å². The summed E-state index contributed by atoms with van der Waals surface area (Å²) >= 11 is 2.15. The van der Waals surface area contributed by atoms with Gasteiger partial charge >= 0.3 is 0 Å². The highest BCUT2D eigenvalue weighted by Crippen LogP contribution is 2.25. The van der Waals surface area contributed by atoms with Crippen LogP contribution in [0.1, 0.15) is 11.7 Å². The molecule has 2 rings (SSSR count). The molecule has 1 aromatic heterocycles. The maximum Gasteiger partial charge on any atom is 0.244 e. The molecule has 0 spiro atoms. The number of nitrogens with zero attached hydrogens (tertiary/aromatic N) is 2. The predicted octanol–water partition coefficient (Wildman–Crippen LogP) is 1.88. The summed E-state index contributed by atoms with van der Waals surface area (Å²) < 4.78 is 2.31. The van der Waals surface area contributed by atoms with E-state index in [9.17, 15) is 4.79 Å². The minimum absolute atomic E-state index is 0.0967. The average molecular weight is 301 g/mol. The van der Waals surface area contributed by atoms with Gasteiger partial charge in [-0.3, -0.25) is 4.79 Å². The maximum atomic E-state index is 11.2. The molecule has 0 saturated heterocycles. The van der Waals surface area contributed by atoms with Gasteiger partial charge < -0.3 is 5.73 Å². The zero-order valence-corrected chi connectivity index (χ0v) is 9.65. The van der Waals surface area contributed by atoms with E-state index in [1.165, 1.54) is 11.6 Å². The molecule has 0 atom stereocenters. The molecule has 0 aliphatic heterocycles. The van der Waals surface area contributed by atoms with Crippen LogP contribution in [0.5, 0.6) is 0 Å². The summed E-state index contributed by atoms with van der Waals surface area (Å²) in [4.78, 5) is 11.2. The topological polar surface area (TPSA) is 60.9 Å². The molecule has 14 heavy (non-hydrogen) atoms. The molecule has 5 heteroatoms. The average Bonchev–Trinajstić information content (AvgIpc) is 2.55. The fourth-order valence-electron chi connectivity index (χ4n) is 1.34. The number of carbonyl (C=O) groups is 1. The molecule has 2 N–H and O–H groups in total. The standard InChI is InChI=1S/C9H8IN3O/c1-5(14)13-8-3-2-7(11)9(10)6(8)4-12-13/h2-4H,11H2,1H3. The van der Waals surface area contributed by atoms with Crippen LogP contribution in [0, 0.1) is 3.57 Å². The lowest BCUT2D eigenvalue weighted by Crippen LogP contribution is -2.06. The van der Waals surface area contributed by atoms with Gasteiger partial charge in [-0.2, -0.15) is 5.10 Å². The number of hydrogen-bond donors (Lipinski definition) is 1. The highest BCUT2D eigenvalue weighted by Gasteiger charge is 2.09. The summed E-state index contributed by atoms with van der Waals surface area (Å²) in [5, 5.41) is 4.92. The van der Waals surface area contributed by atoms with Gasteiger partial charge in [0, 0.05) is 21.6 Å². The summed E-state index contributed by atoms with van der Waals surface area (Å²) in [6.45, 7) is 1.48. The lowest BCUT2D eigenvalue weighted by atomic mass is 10.2. The van der Waals surface area contributed by atoms with Gasteiger partial charge in [0.2, 0.25) is 5.91 Å². The number of benzene rings is 1. The fourth-order valence-corrected chi connectivity index (χ4v) is 1.93. The minimum atomic E-state index is -0.0967. The van der Waals surface area contributed by atoms with E-state index in [4.69, 9.17) is 5.73 Å². The van der Waals surface area contributed by atoms with Crippen LogP contribution in [0.15, 0.2) is 18.3 Å². The Kier molecular flexibility index (Phi) is 2.18. The first-order valence-corrected chi connectivity index (χ1v) is 5.12. The third-order valence-corrected chi connectivity index (χ3v) is 3.22. The molecule has 0 amide bonds. The van der Waals surface area contributed by atoms with Crippen LogP contribution in [0.4, 0.5) is 5.69 Å². The molecule has 0 aliphatic rings. The first-order chi connectivity index (χ1) is 6.61. The van der Waals surface area contributed by atoms with Crippen molar-refractivity contribution >= 4 is 45.1 Å². The quantitative estimate of drug-likeness (QED) is 0.597. The number of nitrogen functional groups attached to an aromatic ring is 1. The highest BCUT2D eigenvalue weighted by atomic mass is 127. The third-order valence-electron chi connectivity index (χ3n) is 2.02. The second-order valence-corrected chi connectivity index (χ2v) is 4.06. The third kappa shape index (κ3) is 1.28. The molecule has 0 fully saturated rings. The first-order valence-electron chi connectivity index (χ1n) is 4.04. The van der Waals surface area contributed by atoms with Crippen LogP contribution >= 0.6 is 22.6 Å². The second-order valence-electron chi connectivity index (χ2n) is 2.98. The highest BCUT2D eigenvalue weighted by molar-refractivity contribution is 14.1. The lowest BCUT2D eigenvalue weighted by Gasteiger charge is -2.00. The number of rotatable bonds is 0. The van der Waals surface area contributed by atoms with Crippen LogP contribution < -0.4 is 5.73 Å². The summed E-state index contributed by atoms with van der Waals surface area (Å²) in [7, 11) is 0. The number of anilines is 1. The molecule has 0 aliphatic carbocycles. The normalized spacial score (nSPS) is 10.7. The smallest absolute Gasteiger partial charge is 0.244 e. The molecule has 0 unspecified atom stereocenters. The van der Waals surface area contributed by atoms with E-state index in [-0.39, 0.29) is 5.91 Å².